The summed E-state index contributed by atoms with van der Waals surface area (Å²) in [5, 5.41) is 12.4. The lowest BCUT2D eigenvalue weighted by Gasteiger charge is -2.21. The fourth-order valence-corrected chi connectivity index (χ4v) is 9.14. The second-order valence-electron chi connectivity index (χ2n) is 14.4. The largest absolute Gasteiger partial charge is 0.456 e. The van der Waals surface area contributed by atoms with E-state index in [0.717, 1.165) is 16.6 Å². The van der Waals surface area contributed by atoms with Gasteiger partial charge in [0, 0.05) is 21.8 Å². The van der Waals surface area contributed by atoms with E-state index in [-0.39, 0.29) is 5.41 Å². The van der Waals surface area contributed by atoms with E-state index in [1.54, 1.807) is 0 Å². The standard InChI is InChI=1S/C49H32O/c1-49(2)42-26-22-30-12-5-6-14-34(30)46(42)41-25-24-40-35-23-21-33(28-43(35)50-48(40)47(41)49)45-38-17-9-7-15-36(38)44(37-16-8-10-18-39(37)45)32-20-19-29-11-3-4-13-31(29)27-32/h3-28H,1-2H3. The van der Waals surface area contributed by atoms with Crippen LogP contribution in [0, 0.1) is 0 Å². The lowest BCUT2D eigenvalue weighted by molar-refractivity contribution is 0.620. The molecule has 50 heavy (non-hydrogen) atoms. The van der Waals surface area contributed by atoms with Gasteiger partial charge in [0.2, 0.25) is 0 Å². The third-order valence-electron chi connectivity index (χ3n) is 11.4. The van der Waals surface area contributed by atoms with Crippen molar-refractivity contribution in [2.45, 2.75) is 19.3 Å². The summed E-state index contributed by atoms with van der Waals surface area (Å²) in [7, 11) is 0. The number of fused-ring (bicyclic) bond motifs is 12. The highest BCUT2D eigenvalue weighted by Crippen LogP contribution is 2.55. The predicted octanol–water partition coefficient (Wildman–Crippen LogP) is 13.8. The predicted molar refractivity (Wildman–Crippen MR) is 212 cm³/mol. The molecule has 1 heteroatoms. The molecule has 0 radical (unpaired) electrons. The molecule has 0 atom stereocenters. The van der Waals surface area contributed by atoms with Crippen molar-refractivity contribution in [3.63, 3.8) is 0 Å². The first kappa shape index (κ1) is 27.7. The van der Waals surface area contributed by atoms with Gasteiger partial charge >= 0.3 is 0 Å². The Balaban J connectivity index is 1.16. The topological polar surface area (TPSA) is 13.1 Å². The summed E-state index contributed by atoms with van der Waals surface area (Å²) in [4.78, 5) is 0. The smallest absolute Gasteiger partial charge is 0.140 e. The van der Waals surface area contributed by atoms with E-state index in [1.165, 1.54) is 93.0 Å². The van der Waals surface area contributed by atoms with Crippen LogP contribution in [0.1, 0.15) is 25.0 Å². The van der Waals surface area contributed by atoms with Crippen molar-refractivity contribution in [1.82, 2.24) is 0 Å². The van der Waals surface area contributed by atoms with Crippen LogP contribution in [0.4, 0.5) is 0 Å². The number of rotatable bonds is 2. The molecule has 0 saturated carbocycles. The summed E-state index contributed by atoms with van der Waals surface area (Å²) in [5.41, 5.74) is 11.9. The van der Waals surface area contributed by atoms with Gasteiger partial charge in [-0.05, 0) is 106 Å². The molecule has 234 valence electrons. The first-order chi connectivity index (χ1) is 24.6. The van der Waals surface area contributed by atoms with Crippen LogP contribution in [0.15, 0.2) is 162 Å². The molecule has 1 heterocycles. The van der Waals surface area contributed by atoms with E-state index < -0.39 is 0 Å². The van der Waals surface area contributed by atoms with Crippen molar-refractivity contribution >= 4 is 65.0 Å². The molecule has 1 aliphatic carbocycles. The monoisotopic (exact) mass is 636 g/mol. The van der Waals surface area contributed by atoms with Gasteiger partial charge in [-0.25, -0.2) is 0 Å². The SMILES string of the molecule is CC1(C)c2ccc3ccccc3c2-c2ccc3c(oc4cc(-c5c6ccccc6c(-c6ccc7ccccc7c6)c6ccccc56)ccc43)c21. The fraction of sp³-hybridized carbons (Fsp3) is 0.0612. The number of benzene rings is 9. The Kier molecular flexibility index (Phi) is 5.51. The van der Waals surface area contributed by atoms with Crippen molar-refractivity contribution in [3.8, 4) is 33.4 Å². The molecule has 0 saturated heterocycles. The van der Waals surface area contributed by atoms with Gasteiger partial charge in [0.05, 0.1) is 0 Å². The zero-order valence-corrected chi connectivity index (χ0v) is 27.9. The molecule has 0 unspecified atom stereocenters. The lowest BCUT2D eigenvalue weighted by atomic mass is 9.81. The Bertz CT molecular complexity index is 3010. The van der Waals surface area contributed by atoms with E-state index in [0.29, 0.717) is 0 Å². The van der Waals surface area contributed by atoms with Crippen molar-refractivity contribution in [1.29, 1.82) is 0 Å². The van der Waals surface area contributed by atoms with E-state index in [1.807, 2.05) is 0 Å². The minimum Gasteiger partial charge on any atom is -0.456 e. The van der Waals surface area contributed by atoms with Gasteiger partial charge in [0.25, 0.3) is 0 Å². The van der Waals surface area contributed by atoms with Gasteiger partial charge < -0.3 is 4.42 Å². The summed E-state index contributed by atoms with van der Waals surface area (Å²) >= 11 is 0. The molecule has 9 aromatic carbocycles. The maximum atomic E-state index is 6.99. The molecule has 11 rings (SSSR count). The third kappa shape index (κ3) is 3.67. The summed E-state index contributed by atoms with van der Waals surface area (Å²) in [5.74, 6) is 0. The Morgan fingerprint density at radius 1 is 0.400 bits per heavy atom. The van der Waals surface area contributed by atoms with Crippen LogP contribution in [0.2, 0.25) is 0 Å². The maximum absolute atomic E-state index is 6.99. The van der Waals surface area contributed by atoms with Crippen molar-refractivity contribution in [2.75, 3.05) is 0 Å². The second-order valence-corrected chi connectivity index (χ2v) is 14.4. The Morgan fingerprint density at radius 3 is 1.64 bits per heavy atom. The minimum atomic E-state index is -0.185. The van der Waals surface area contributed by atoms with Gasteiger partial charge in [-0.1, -0.05) is 147 Å². The number of furan rings is 1. The Hall–Kier alpha value is -6.18. The fourth-order valence-electron chi connectivity index (χ4n) is 9.14. The van der Waals surface area contributed by atoms with Crippen LogP contribution >= 0.6 is 0 Å². The quantitative estimate of drug-likeness (QED) is 0.172. The van der Waals surface area contributed by atoms with Crippen LogP contribution in [-0.4, -0.2) is 0 Å². The van der Waals surface area contributed by atoms with Gasteiger partial charge in [-0.3, -0.25) is 0 Å². The molecule has 0 amide bonds. The third-order valence-corrected chi connectivity index (χ3v) is 11.4. The Morgan fingerprint density at radius 2 is 0.940 bits per heavy atom. The summed E-state index contributed by atoms with van der Waals surface area (Å²) < 4.78 is 6.99. The average Bonchev–Trinajstić information content (AvgIpc) is 3.64. The molecule has 0 fully saturated rings. The van der Waals surface area contributed by atoms with Crippen molar-refractivity contribution < 1.29 is 4.42 Å². The molecule has 0 N–H and O–H groups in total. The van der Waals surface area contributed by atoms with Crippen LogP contribution in [0.25, 0.3) is 98.4 Å². The Labute approximate surface area is 290 Å². The molecule has 0 spiro atoms. The molecular formula is C49H32O. The van der Waals surface area contributed by atoms with E-state index in [2.05, 4.69) is 172 Å². The highest BCUT2D eigenvalue weighted by Gasteiger charge is 2.39. The van der Waals surface area contributed by atoms with Crippen LogP contribution < -0.4 is 0 Å². The van der Waals surface area contributed by atoms with Crippen molar-refractivity contribution in [2.24, 2.45) is 0 Å². The minimum absolute atomic E-state index is 0.185. The van der Waals surface area contributed by atoms with Crippen molar-refractivity contribution in [3.05, 3.63) is 169 Å². The van der Waals surface area contributed by atoms with Crippen LogP contribution in [0.3, 0.4) is 0 Å². The second kappa shape index (κ2) is 9.94. The molecular weight excluding hydrogens is 605 g/mol. The van der Waals surface area contributed by atoms with Gasteiger partial charge in [0.15, 0.2) is 0 Å². The summed E-state index contributed by atoms with van der Waals surface area (Å²) in [6.07, 6.45) is 0. The summed E-state index contributed by atoms with van der Waals surface area (Å²) in [6, 6.07) is 58.0. The number of hydrogen-bond donors (Lipinski definition) is 0. The molecule has 1 aromatic heterocycles. The first-order valence-corrected chi connectivity index (χ1v) is 17.5. The normalized spacial score (nSPS) is 13.6. The molecule has 0 bridgehead atoms. The zero-order chi connectivity index (χ0) is 33.1. The molecule has 0 aliphatic heterocycles. The van der Waals surface area contributed by atoms with Gasteiger partial charge in [-0.15, -0.1) is 0 Å². The summed E-state index contributed by atoms with van der Waals surface area (Å²) in [6.45, 7) is 4.69. The highest BCUT2D eigenvalue weighted by atomic mass is 16.3. The van der Waals surface area contributed by atoms with E-state index >= 15 is 0 Å². The van der Waals surface area contributed by atoms with Crippen LogP contribution in [0.5, 0.6) is 0 Å². The highest BCUT2D eigenvalue weighted by molar-refractivity contribution is 6.22. The number of hydrogen-bond acceptors (Lipinski definition) is 1. The average molecular weight is 637 g/mol. The first-order valence-electron chi connectivity index (χ1n) is 17.5. The van der Waals surface area contributed by atoms with Crippen LogP contribution in [-0.2, 0) is 5.41 Å². The molecule has 1 aliphatic rings. The maximum Gasteiger partial charge on any atom is 0.140 e. The van der Waals surface area contributed by atoms with Gasteiger partial charge in [-0.2, -0.15) is 0 Å². The van der Waals surface area contributed by atoms with E-state index in [9.17, 15) is 0 Å². The lowest BCUT2D eigenvalue weighted by Crippen LogP contribution is -2.15. The van der Waals surface area contributed by atoms with Gasteiger partial charge in [0.1, 0.15) is 11.2 Å². The molecule has 10 aromatic rings. The molecule has 1 nitrogen and oxygen atoms in total. The zero-order valence-electron chi connectivity index (χ0n) is 27.9. The van der Waals surface area contributed by atoms with E-state index in [4.69, 9.17) is 4.42 Å².